The van der Waals surface area contributed by atoms with Gasteiger partial charge in [-0.1, -0.05) is 31.2 Å². The number of anilines is 1. The normalized spacial score (nSPS) is 12.4. The lowest BCUT2D eigenvalue weighted by Gasteiger charge is -2.23. The van der Waals surface area contributed by atoms with Crippen molar-refractivity contribution >= 4 is 35.6 Å². The summed E-state index contributed by atoms with van der Waals surface area (Å²) < 4.78 is 5.32. The second-order valence-corrected chi connectivity index (χ2v) is 6.16. The van der Waals surface area contributed by atoms with Gasteiger partial charge in [0.05, 0.1) is 19.7 Å². The van der Waals surface area contributed by atoms with Crippen molar-refractivity contribution in [3.63, 3.8) is 0 Å². The monoisotopic (exact) mass is 468 g/mol. The predicted molar refractivity (Wildman–Crippen MR) is 121 cm³/mol. The lowest BCUT2D eigenvalue weighted by atomic mass is 10.1. The number of likely N-dealkylation sites (N-methyl/N-ethyl adjacent to an activating group) is 1. The van der Waals surface area contributed by atoms with Crippen molar-refractivity contribution in [1.29, 1.82) is 0 Å². The first-order valence-corrected chi connectivity index (χ1v) is 8.49. The molecule has 0 aromatic heterocycles. The van der Waals surface area contributed by atoms with Crippen molar-refractivity contribution < 1.29 is 4.74 Å². The Kier molecular flexibility index (Phi) is 9.43. The van der Waals surface area contributed by atoms with E-state index in [4.69, 9.17) is 10.5 Å². The number of aryl methyl sites for hydroxylation is 1. The van der Waals surface area contributed by atoms with Gasteiger partial charge < -0.3 is 20.7 Å². The van der Waals surface area contributed by atoms with Crippen LogP contribution in [-0.4, -0.2) is 38.6 Å². The van der Waals surface area contributed by atoms with Gasteiger partial charge >= 0.3 is 0 Å². The summed E-state index contributed by atoms with van der Waals surface area (Å²) in [5, 5.41) is 3.17. The highest BCUT2D eigenvalue weighted by atomic mass is 127. The molecule has 0 saturated heterocycles. The summed E-state index contributed by atoms with van der Waals surface area (Å²) in [5.41, 5.74) is 9.45. The van der Waals surface area contributed by atoms with Crippen LogP contribution >= 0.6 is 24.0 Å². The Bertz CT molecular complexity index is 718. The van der Waals surface area contributed by atoms with Crippen LogP contribution in [0.4, 0.5) is 5.69 Å². The van der Waals surface area contributed by atoms with E-state index in [0.717, 1.165) is 23.4 Å². The number of rotatable bonds is 7. The van der Waals surface area contributed by atoms with Crippen LogP contribution < -0.4 is 15.8 Å². The molecule has 0 aliphatic heterocycles. The molecule has 3 N–H and O–H groups in total. The number of guanidine groups is 1. The topological polar surface area (TPSA) is 62.9 Å². The van der Waals surface area contributed by atoms with Gasteiger partial charge in [0.1, 0.15) is 5.75 Å². The fraction of sp³-hybridized carbons (Fsp3) is 0.350. The highest BCUT2D eigenvalue weighted by Gasteiger charge is 2.14. The maximum Gasteiger partial charge on any atom is 0.193 e. The highest BCUT2D eigenvalue weighted by Crippen LogP contribution is 2.23. The van der Waals surface area contributed by atoms with Crippen molar-refractivity contribution in [3.8, 4) is 5.75 Å². The summed E-state index contributed by atoms with van der Waals surface area (Å²) >= 11 is 0. The van der Waals surface area contributed by atoms with Gasteiger partial charge in [-0.3, -0.25) is 4.99 Å². The zero-order chi connectivity index (χ0) is 18.2. The second-order valence-electron chi connectivity index (χ2n) is 6.16. The third kappa shape index (κ3) is 6.49. The Morgan fingerprint density at radius 1 is 1.19 bits per heavy atom. The van der Waals surface area contributed by atoms with Crippen molar-refractivity contribution in [2.24, 2.45) is 10.7 Å². The molecular formula is C20H29IN4O. The summed E-state index contributed by atoms with van der Waals surface area (Å²) in [6.45, 7) is 2.69. The number of halogens is 1. The standard InChI is InChI=1S/C20H28N4O.HI/c1-5-15-8-6-10-17(12-15)23-20(21)22-14-19(24(2)3)16-9-7-11-18(13-16)25-4;/h6-13,19H,5,14H2,1-4H3,(H3,21,22,23);1H. The molecule has 0 spiro atoms. The van der Waals surface area contributed by atoms with Crippen LogP contribution in [0.3, 0.4) is 0 Å². The van der Waals surface area contributed by atoms with Crippen LogP contribution in [0.2, 0.25) is 0 Å². The van der Waals surface area contributed by atoms with E-state index in [1.807, 2.05) is 44.4 Å². The molecule has 2 aromatic rings. The maximum atomic E-state index is 6.08. The minimum Gasteiger partial charge on any atom is -0.497 e. The number of methoxy groups -OCH3 is 1. The van der Waals surface area contributed by atoms with Gasteiger partial charge in [0, 0.05) is 5.69 Å². The van der Waals surface area contributed by atoms with E-state index in [2.05, 4.69) is 40.3 Å². The molecule has 0 bridgehead atoms. The third-order valence-corrected chi connectivity index (χ3v) is 4.14. The van der Waals surface area contributed by atoms with Crippen molar-refractivity contribution in [3.05, 3.63) is 59.7 Å². The van der Waals surface area contributed by atoms with E-state index in [-0.39, 0.29) is 30.0 Å². The molecule has 5 nitrogen and oxygen atoms in total. The Labute approximate surface area is 173 Å². The van der Waals surface area contributed by atoms with Gasteiger partial charge in [0.2, 0.25) is 0 Å². The van der Waals surface area contributed by atoms with Gasteiger partial charge in [-0.25, -0.2) is 0 Å². The molecule has 0 saturated carbocycles. The lowest BCUT2D eigenvalue weighted by molar-refractivity contribution is 0.305. The molecule has 0 amide bonds. The van der Waals surface area contributed by atoms with Gasteiger partial charge in [-0.05, 0) is 55.9 Å². The van der Waals surface area contributed by atoms with E-state index in [1.54, 1.807) is 7.11 Å². The third-order valence-electron chi connectivity index (χ3n) is 4.14. The van der Waals surface area contributed by atoms with Gasteiger partial charge in [-0.15, -0.1) is 24.0 Å². The van der Waals surface area contributed by atoms with Crippen LogP contribution in [0.5, 0.6) is 5.75 Å². The molecule has 1 unspecified atom stereocenters. The molecule has 142 valence electrons. The highest BCUT2D eigenvalue weighted by molar-refractivity contribution is 14.0. The number of hydrogen-bond acceptors (Lipinski definition) is 3. The SMILES string of the molecule is CCc1cccc(NC(N)=NCC(c2cccc(OC)c2)N(C)C)c1.I. The zero-order valence-electron chi connectivity index (χ0n) is 15.9. The predicted octanol–water partition coefficient (Wildman–Crippen LogP) is 3.91. The molecule has 26 heavy (non-hydrogen) atoms. The van der Waals surface area contributed by atoms with Gasteiger partial charge in [0.15, 0.2) is 5.96 Å². The molecular weight excluding hydrogens is 439 g/mol. The molecule has 2 rings (SSSR count). The Hall–Kier alpha value is -1.80. The van der Waals surface area contributed by atoms with Crippen LogP contribution in [0, 0.1) is 0 Å². The lowest BCUT2D eigenvalue weighted by Crippen LogP contribution is -2.27. The molecule has 2 aromatic carbocycles. The van der Waals surface area contributed by atoms with E-state index < -0.39 is 0 Å². The first-order valence-electron chi connectivity index (χ1n) is 8.49. The molecule has 1 atom stereocenters. The van der Waals surface area contributed by atoms with Gasteiger partial charge in [0.25, 0.3) is 0 Å². The number of aliphatic imine (C=N–C) groups is 1. The Morgan fingerprint density at radius 2 is 1.92 bits per heavy atom. The van der Waals surface area contributed by atoms with Gasteiger partial charge in [-0.2, -0.15) is 0 Å². The Morgan fingerprint density at radius 3 is 2.58 bits per heavy atom. The summed E-state index contributed by atoms with van der Waals surface area (Å²) in [6, 6.07) is 16.4. The van der Waals surface area contributed by atoms with E-state index >= 15 is 0 Å². The fourth-order valence-electron chi connectivity index (χ4n) is 2.66. The summed E-state index contributed by atoms with van der Waals surface area (Å²) in [4.78, 5) is 6.66. The second kappa shape index (κ2) is 11.0. The number of nitrogens with one attached hydrogen (secondary N) is 1. The molecule has 0 radical (unpaired) electrons. The molecule has 0 aliphatic carbocycles. The quantitative estimate of drug-likeness (QED) is 0.368. The van der Waals surface area contributed by atoms with Crippen molar-refractivity contribution in [2.45, 2.75) is 19.4 Å². The van der Waals surface area contributed by atoms with Crippen molar-refractivity contribution in [1.82, 2.24) is 4.90 Å². The maximum absolute atomic E-state index is 6.08. The molecule has 0 fully saturated rings. The van der Waals surface area contributed by atoms with Crippen LogP contribution in [0.15, 0.2) is 53.5 Å². The summed E-state index contributed by atoms with van der Waals surface area (Å²) in [5.74, 6) is 1.26. The number of ether oxygens (including phenoxy) is 1. The zero-order valence-corrected chi connectivity index (χ0v) is 18.2. The summed E-state index contributed by atoms with van der Waals surface area (Å²) in [6.07, 6.45) is 0.991. The average molecular weight is 468 g/mol. The summed E-state index contributed by atoms with van der Waals surface area (Å²) in [7, 11) is 5.75. The first kappa shape index (κ1) is 22.2. The van der Waals surface area contributed by atoms with E-state index in [1.165, 1.54) is 5.56 Å². The number of hydrogen-bond donors (Lipinski definition) is 2. The minimum absolute atomic E-state index is 0. The van der Waals surface area contributed by atoms with Crippen LogP contribution in [0.1, 0.15) is 24.1 Å². The molecule has 0 aliphatic rings. The number of nitrogens with two attached hydrogens (primary N) is 1. The average Bonchev–Trinajstić information content (AvgIpc) is 2.62. The number of nitrogens with zero attached hydrogens (tertiary/aromatic N) is 2. The van der Waals surface area contributed by atoms with E-state index in [9.17, 15) is 0 Å². The van der Waals surface area contributed by atoms with Crippen molar-refractivity contribution in [2.75, 3.05) is 33.1 Å². The molecule has 0 heterocycles. The smallest absolute Gasteiger partial charge is 0.193 e. The number of benzene rings is 2. The minimum atomic E-state index is 0. The molecule has 6 heteroatoms. The fourth-order valence-corrected chi connectivity index (χ4v) is 2.66. The van der Waals surface area contributed by atoms with Crippen LogP contribution in [-0.2, 0) is 6.42 Å². The largest absolute Gasteiger partial charge is 0.497 e. The Balaban J connectivity index is 0.00000338. The van der Waals surface area contributed by atoms with E-state index in [0.29, 0.717) is 12.5 Å². The van der Waals surface area contributed by atoms with Crippen LogP contribution in [0.25, 0.3) is 0 Å². The first-order chi connectivity index (χ1) is 12.0.